The standard InChI is InChI=1S/C64H56N6O8S2/c1-43(2)40-75-62(74)77-44(3)76-60(73)56-46(37-36-45-23-22-38-65-39-45)41-79-59-55(58(72)70(56)59)67-57(71)54(69-78-64(50-30-16-7-17-31-50,51-32-18-8-19-33-51)52-34-20-9-21-35-52)53-42-80-61(66-53)68-63(47-24-10-4-11-25-47,48-26-12-5-13-27-48)49-28-14-6-15-29-49/h4-39,42-44,55,59H,40-41H2,1-3H3,(H,66,68)(H,67,71)/b37-36-,69-54+/t44?,55-,59-/m1/s1. The molecule has 0 radical (unpaired) electrons. The van der Waals surface area contributed by atoms with Crippen molar-refractivity contribution in [1.29, 1.82) is 0 Å². The maximum Gasteiger partial charge on any atom is 0.511 e. The van der Waals surface area contributed by atoms with Gasteiger partial charge in [-0.25, -0.2) is 14.6 Å². The van der Waals surface area contributed by atoms with Crippen LogP contribution in [0.15, 0.2) is 234 Å². The Labute approximate surface area is 472 Å². The van der Waals surface area contributed by atoms with E-state index in [2.05, 4.69) is 52.0 Å². The lowest BCUT2D eigenvalue weighted by Gasteiger charge is -2.49. The number of rotatable bonds is 20. The number of nitrogens with one attached hydrogen (secondary N) is 2. The van der Waals surface area contributed by atoms with Gasteiger partial charge >= 0.3 is 12.1 Å². The van der Waals surface area contributed by atoms with Crippen LogP contribution in [0.2, 0.25) is 0 Å². The summed E-state index contributed by atoms with van der Waals surface area (Å²) >= 11 is 2.63. The number of hydrogen-bond donors (Lipinski definition) is 2. The van der Waals surface area contributed by atoms with Crippen LogP contribution >= 0.6 is 23.1 Å². The predicted octanol–water partition coefficient (Wildman–Crippen LogP) is 11.7. The van der Waals surface area contributed by atoms with Gasteiger partial charge in [0.05, 0.1) is 6.61 Å². The monoisotopic (exact) mass is 1100 g/mol. The lowest BCUT2D eigenvalue weighted by molar-refractivity contribution is -0.169. The molecule has 2 N–H and O–H groups in total. The van der Waals surface area contributed by atoms with Gasteiger partial charge in [0.15, 0.2) is 10.8 Å². The van der Waals surface area contributed by atoms with Crippen LogP contribution in [-0.2, 0) is 44.6 Å². The number of ether oxygens (including phenoxy) is 3. The van der Waals surface area contributed by atoms with E-state index in [1.165, 1.54) is 34.9 Å². The molecule has 8 aromatic rings. The van der Waals surface area contributed by atoms with Gasteiger partial charge in [-0.1, -0.05) is 219 Å². The molecular weight excluding hydrogens is 1040 g/mol. The summed E-state index contributed by atoms with van der Waals surface area (Å²) in [7, 11) is 0. The quantitative estimate of drug-likeness (QED) is 0.0185. The molecule has 80 heavy (non-hydrogen) atoms. The van der Waals surface area contributed by atoms with Crippen LogP contribution in [0, 0.1) is 5.92 Å². The molecular formula is C64H56N6O8S2. The molecule has 10 rings (SSSR count). The number of benzene rings is 6. The number of allylic oxidation sites excluding steroid dienone is 1. The number of thioether (sulfide) groups is 1. The molecule has 2 aliphatic heterocycles. The van der Waals surface area contributed by atoms with Gasteiger partial charge in [0.1, 0.15) is 28.3 Å². The Morgan fingerprint density at radius 2 is 1.23 bits per heavy atom. The Kier molecular flexibility index (Phi) is 16.7. The minimum atomic E-state index is -1.40. The molecule has 1 fully saturated rings. The molecule has 2 amide bonds. The lowest BCUT2D eigenvalue weighted by atomic mass is 9.77. The number of hydrogen-bond acceptors (Lipinski definition) is 14. The molecule has 4 heterocycles. The topological polar surface area (TPSA) is 171 Å². The SMILES string of the molecule is CC(C)COC(=O)OC(C)OC(=O)C1=C(/C=C\c2cccnc2)CS[C@@H]2[C@H](NC(=O)/C(=N/OC(c3ccccc3)(c3ccccc3)c3ccccc3)c3csc(NC(c4ccccc4)(c4ccccc4)c4ccccc4)n3)C(=O)N12. The van der Waals surface area contributed by atoms with Crippen LogP contribution < -0.4 is 10.6 Å². The molecule has 0 spiro atoms. The lowest BCUT2D eigenvalue weighted by Crippen LogP contribution is -2.71. The molecule has 1 unspecified atom stereocenters. The summed E-state index contributed by atoms with van der Waals surface area (Å²) in [6, 6.07) is 61.6. The molecule has 16 heteroatoms. The van der Waals surface area contributed by atoms with Crippen molar-refractivity contribution in [3.63, 3.8) is 0 Å². The number of nitrogens with zero attached hydrogens (tertiary/aromatic N) is 4. The molecule has 402 valence electrons. The van der Waals surface area contributed by atoms with E-state index in [9.17, 15) is 14.4 Å². The number of fused-ring (bicyclic) bond motifs is 1. The van der Waals surface area contributed by atoms with Crippen LogP contribution in [0.4, 0.5) is 9.93 Å². The number of esters is 1. The van der Waals surface area contributed by atoms with Crippen molar-refractivity contribution in [2.24, 2.45) is 11.1 Å². The zero-order valence-corrected chi connectivity index (χ0v) is 45.6. The second-order valence-electron chi connectivity index (χ2n) is 19.2. The van der Waals surface area contributed by atoms with Crippen molar-refractivity contribution in [3.8, 4) is 0 Å². The summed E-state index contributed by atoms with van der Waals surface area (Å²) in [5, 5.41) is 13.0. The summed E-state index contributed by atoms with van der Waals surface area (Å²) in [5.74, 6) is -1.99. The third-order valence-electron chi connectivity index (χ3n) is 13.4. The number of aromatic nitrogens is 2. The van der Waals surface area contributed by atoms with Gasteiger partial charge in [0.25, 0.3) is 11.8 Å². The average Bonchev–Trinajstić information content (AvgIpc) is 4.04. The van der Waals surface area contributed by atoms with Gasteiger partial charge in [-0.15, -0.1) is 23.1 Å². The van der Waals surface area contributed by atoms with E-state index in [-0.39, 0.29) is 35.4 Å². The van der Waals surface area contributed by atoms with E-state index in [4.69, 9.17) is 29.2 Å². The van der Waals surface area contributed by atoms with Gasteiger partial charge in [-0.05, 0) is 39.8 Å². The van der Waals surface area contributed by atoms with Gasteiger partial charge in [0.2, 0.25) is 11.9 Å². The first kappa shape index (κ1) is 54.2. The van der Waals surface area contributed by atoms with Gasteiger partial charge in [-0.3, -0.25) is 19.5 Å². The number of thiazole rings is 1. The summed E-state index contributed by atoms with van der Waals surface area (Å²) in [6.45, 7) is 5.23. The van der Waals surface area contributed by atoms with Crippen LogP contribution in [0.3, 0.4) is 0 Å². The van der Waals surface area contributed by atoms with E-state index in [1.807, 2.05) is 166 Å². The van der Waals surface area contributed by atoms with Crippen molar-refractivity contribution in [2.45, 2.75) is 49.6 Å². The van der Waals surface area contributed by atoms with E-state index in [0.29, 0.717) is 10.7 Å². The van der Waals surface area contributed by atoms with Gasteiger partial charge < -0.3 is 29.7 Å². The normalized spacial score (nSPS) is 15.8. The molecule has 3 atom stereocenters. The van der Waals surface area contributed by atoms with Crippen LogP contribution in [0.25, 0.3) is 6.08 Å². The first-order chi connectivity index (χ1) is 39.0. The molecule has 2 aliphatic rings. The zero-order chi connectivity index (χ0) is 55.5. The van der Waals surface area contributed by atoms with Gasteiger partial charge in [0, 0.05) is 47.1 Å². The molecule has 0 bridgehead atoms. The second kappa shape index (κ2) is 24.7. The van der Waals surface area contributed by atoms with Crippen molar-refractivity contribution in [1.82, 2.24) is 20.2 Å². The molecule has 14 nitrogen and oxygen atoms in total. The summed E-state index contributed by atoms with van der Waals surface area (Å²) in [4.78, 5) is 74.4. The number of pyridine rings is 1. The average molecular weight is 1100 g/mol. The van der Waals surface area contributed by atoms with E-state index < -0.39 is 52.8 Å². The highest BCUT2D eigenvalue weighted by Crippen LogP contribution is 2.44. The highest BCUT2D eigenvalue weighted by Gasteiger charge is 2.55. The van der Waals surface area contributed by atoms with Gasteiger partial charge in [-0.2, -0.15) is 0 Å². The smallest absolute Gasteiger partial charge is 0.434 e. The van der Waals surface area contributed by atoms with E-state index >= 15 is 4.79 Å². The molecule has 0 aliphatic carbocycles. The first-order valence-electron chi connectivity index (χ1n) is 26.0. The second-order valence-corrected chi connectivity index (χ2v) is 21.2. The fraction of sp³-hybridized carbons (Fsp3) is 0.172. The summed E-state index contributed by atoms with van der Waals surface area (Å²) in [5.41, 5.74) is 3.75. The van der Waals surface area contributed by atoms with Crippen LogP contribution in [0.1, 0.15) is 65.4 Å². The third kappa shape index (κ3) is 11.5. The van der Waals surface area contributed by atoms with E-state index in [1.54, 1.807) is 36.0 Å². The zero-order valence-electron chi connectivity index (χ0n) is 44.0. The Balaban J connectivity index is 1.04. The van der Waals surface area contributed by atoms with Crippen molar-refractivity contribution >= 4 is 64.0 Å². The Hall–Kier alpha value is -9.12. The third-order valence-corrected chi connectivity index (χ3v) is 15.5. The molecule has 2 aromatic heterocycles. The van der Waals surface area contributed by atoms with Crippen LogP contribution in [0.5, 0.6) is 0 Å². The molecule has 1 saturated heterocycles. The Morgan fingerprint density at radius 1 is 0.700 bits per heavy atom. The molecule has 0 saturated carbocycles. The number of β-lactam (4-membered cyclic amide) rings is 1. The molecule has 6 aromatic carbocycles. The number of carbonyl (C=O) groups is 4. The highest BCUT2D eigenvalue weighted by atomic mass is 32.2. The Morgan fingerprint density at radius 3 is 1.73 bits per heavy atom. The van der Waals surface area contributed by atoms with Crippen molar-refractivity contribution in [3.05, 3.63) is 274 Å². The maximum absolute atomic E-state index is 15.4. The number of anilines is 1. The summed E-state index contributed by atoms with van der Waals surface area (Å²) < 4.78 is 16.0. The largest absolute Gasteiger partial charge is 0.511 e. The van der Waals surface area contributed by atoms with E-state index in [0.717, 1.165) is 38.9 Å². The number of oxime groups is 1. The fourth-order valence-electron chi connectivity index (χ4n) is 9.65. The van der Waals surface area contributed by atoms with Crippen molar-refractivity contribution in [2.75, 3.05) is 17.7 Å². The maximum atomic E-state index is 15.4. The number of carbonyl (C=O) groups excluding carboxylic acids is 4. The first-order valence-corrected chi connectivity index (χ1v) is 27.9. The summed E-state index contributed by atoms with van der Waals surface area (Å²) in [6.07, 6.45) is 4.41. The number of amides is 2. The predicted molar refractivity (Wildman–Crippen MR) is 310 cm³/mol. The van der Waals surface area contributed by atoms with Crippen LogP contribution in [-0.4, -0.2) is 74.6 Å². The Bertz CT molecular complexity index is 3320. The fourth-order valence-corrected chi connectivity index (χ4v) is 11.7. The minimum absolute atomic E-state index is 0.0459. The highest BCUT2D eigenvalue weighted by molar-refractivity contribution is 8.00. The minimum Gasteiger partial charge on any atom is -0.434 e. The van der Waals surface area contributed by atoms with Crippen molar-refractivity contribution < 1.29 is 38.2 Å².